The normalized spacial score (nSPS) is 24.4. The van der Waals surface area contributed by atoms with E-state index in [1.165, 1.54) is 80.1 Å². The first-order chi connectivity index (χ1) is 23.1. The summed E-state index contributed by atoms with van der Waals surface area (Å²) in [6.45, 7) is 0. The third-order valence-electron chi connectivity index (χ3n) is 11.8. The van der Waals surface area contributed by atoms with Gasteiger partial charge in [0, 0.05) is 5.92 Å². The van der Waals surface area contributed by atoms with E-state index in [1.54, 1.807) is 0 Å². The zero-order valence-corrected chi connectivity index (χ0v) is 26.6. The summed E-state index contributed by atoms with van der Waals surface area (Å²) in [7, 11) is 0. The lowest BCUT2D eigenvalue weighted by Gasteiger charge is -2.60. The van der Waals surface area contributed by atoms with Crippen LogP contribution in [0.1, 0.15) is 43.6 Å². The van der Waals surface area contributed by atoms with Crippen molar-refractivity contribution < 1.29 is 4.79 Å². The number of hydrogen-bond donors (Lipinski definition) is 1. The van der Waals surface area contributed by atoms with Gasteiger partial charge in [-0.25, -0.2) is 0 Å². The van der Waals surface area contributed by atoms with E-state index in [2.05, 4.69) is 140 Å². The minimum atomic E-state index is -0.491. The Bertz CT molecular complexity index is 2090. The summed E-state index contributed by atoms with van der Waals surface area (Å²) < 4.78 is 0. The highest BCUT2D eigenvalue weighted by atomic mass is 16.1. The standard InChI is InChI=1S/C45H39NO/c46-44(47)45-27-29-24-30(28-45)26-35(25-29)43(45)37-23-13-22-36-38(31-14-5-1-6-15-31)39(32-16-7-2-8-17-32)40(33-18-9-3-10-19-33)41(42(36)37)34-20-11-4-12-21-34/h1-23,29-30,35,43H,24-28H2,(H2,46,47). The summed E-state index contributed by atoms with van der Waals surface area (Å²) in [6.07, 6.45) is 5.52. The second kappa shape index (κ2) is 11.1. The van der Waals surface area contributed by atoms with Crippen LogP contribution in [0.3, 0.4) is 0 Å². The zero-order chi connectivity index (χ0) is 31.5. The molecule has 10 rings (SSSR count). The quantitative estimate of drug-likeness (QED) is 0.201. The Balaban J connectivity index is 1.50. The molecule has 4 aliphatic rings. The van der Waals surface area contributed by atoms with E-state index in [4.69, 9.17) is 5.73 Å². The van der Waals surface area contributed by atoms with Gasteiger partial charge >= 0.3 is 0 Å². The lowest BCUT2D eigenvalue weighted by atomic mass is 9.43. The second-order valence-electron chi connectivity index (χ2n) is 14.3. The number of benzene rings is 6. The van der Waals surface area contributed by atoms with Gasteiger partial charge in [0.1, 0.15) is 0 Å². The van der Waals surface area contributed by atoms with E-state index in [0.29, 0.717) is 17.8 Å². The molecule has 4 saturated carbocycles. The molecule has 3 unspecified atom stereocenters. The smallest absolute Gasteiger partial charge is 0.224 e. The molecule has 0 radical (unpaired) electrons. The highest BCUT2D eigenvalue weighted by molar-refractivity contribution is 6.19. The molecular weight excluding hydrogens is 571 g/mol. The molecule has 47 heavy (non-hydrogen) atoms. The molecule has 2 N–H and O–H groups in total. The van der Waals surface area contributed by atoms with Gasteiger partial charge in [0.25, 0.3) is 0 Å². The van der Waals surface area contributed by atoms with Gasteiger partial charge in [-0.15, -0.1) is 0 Å². The van der Waals surface area contributed by atoms with Crippen LogP contribution in [-0.2, 0) is 4.79 Å². The first-order valence-electron chi connectivity index (χ1n) is 17.3. The lowest BCUT2D eigenvalue weighted by Crippen LogP contribution is -2.57. The molecule has 0 saturated heterocycles. The van der Waals surface area contributed by atoms with Crippen molar-refractivity contribution in [3.63, 3.8) is 0 Å². The Kier molecular flexibility index (Phi) is 6.68. The zero-order valence-electron chi connectivity index (χ0n) is 26.6. The molecular formula is C45H39NO. The summed E-state index contributed by atoms with van der Waals surface area (Å²) in [6, 6.07) is 50.5. The fourth-order valence-electron chi connectivity index (χ4n) is 10.4. The molecule has 4 aliphatic carbocycles. The molecule has 4 bridgehead atoms. The van der Waals surface area contributed by atoms with Crippen molar-refractivity contribution >= 4 is 16.7 Å². The van der Waals surface area contributed by atoms with Crippen LogP contribution in [0.2, 0.25) is 0 Å². The van der Waals surface area contributed by atoms with Crippen LogP contribution >= 0.6 is 0 Å². The van der Waals surface area contributed by atoms with Crippen molar-refractivity contribution in [2.45, 2.75) is 38.0 Å². The SMILES string of the molecule is NC(=O)C12CC3CC(CC(C3)C1c1cccc3c(-c4ccccc4)c(-c4ccccc4)c(-c4ccccc4)c(-c4ccccc4)c13)C2. The van der Waals surface area contributed by atoms with Crippen LogP contribution in [0.25, 0.3) is 55.3 Å². The average Bonchev–Trinajstić information content (AvgIpc) is 3.11. The van der Waals surface area contributed by atoms with Gasteiger partial charge < -0.3 is 5.73 Å². The van der Waals surface area contributed by atoms with Crippen LogP contribution in [-0.4, -0.2) is 5.91 Å². The molecule has 2 heteroatoms. The molecule has 230 valence electrons. The summed E-state index contributed by atoms with van der Waals surface area (Å²) in [4.78, 5) is 13.8. The summed E-state index contributed by atoms with van der Waals surface area (Å²) >= 11 is 0. The molecule has 0 heterocycles. The van der Waals surface area contributed by atoms with E-state index < -0.39 is 5.41 Å². The van der Waals surface area contributed by atoms with Gasteiger partial charge in [0.05, 0.1) is 5.41 Å². The van der Waals surface area contributed by atoms with Crippen molar-refractivity contribution in [2.24, 2.45) is 28.9 Å². The van der Waals surface area contributed by atoms with Crippen molar-refractivity contribution in [3.8, 4) is 44.5 Å². The van der Waals surface area contributed by atoms with E-state index >= 15 is 0 Å². The number of hydrogen-bond acceptors (Lipinski definition) is 1. The number of primary amides is 1. The highest BCUT2D eigenvalue weighted by Crippen LogP contribution is 2.67. The number of amides is 1. The summed E-state index contributed by atoms with van der Waals surface area (Å²) in [5, 5.41) is 2.51. The van der Waals surface area contributed by atoms with E-state index in [0.717, 1.165) is 12.8 Å². The molecule has 6 aromatic carbocycles. The summed E-state index contributed by atoms with van der Waals surface area (Å²) in [5.74, 6) is 1.71. The molecule has 6 aromatic rings. The van der Waals surface area contributed by atoms with Crippen molar-refractivity contribution in [2.75, 3.05) is 0 Å². The van der Waals surface area contributed by atoms with E-state index in [9.17, 15) is 4.79 Å². The monoisotopic (exact) mass is 609 g/mol. The Labute approximate surface area is 277 Å². The fourth-order valence-corrected chi connectivity index (χ4v) is 10.4. The van der Waals surface area contributed by atoms with E-state index in [1.807, 2.05) is 0 Å². The maximum Gasteiger partial charge on any atom is 0.224 e. The van der Waals surface area contributed by atoms with Gasteiger partial charge in [-0.2, -0.15) is 0 Å². The first-order valence-corrected chi connectivity index (χ1v) is 17.3. The largest absolute Gasteiger partial charge is 0.369 e. The molecule has 0 aliphatic heterocycles. The van der Waals surface area contributed by atoms with Crippen molar-refractivity contribution in [1.29, 1.82) is 0 Å². The highest BCUT2D eigenvalue weighted by Gasteiger charge is 2.60. The Morgan fingerprint density at radius 2 is 0.957 bits per heavy atom. The Hall–Kier alpha value is -4.95. The number of fused-ring (bicyclic) bond motifs is 1. The predicted molar refractivity (Wildman–Crippen MR) is 194 cm³/mol. The molecule has 2 nitrogen and oxygen atoms in total. The Morgan fingerprint density at radius 1 is 0.511 bits per heavy atom. The minimum Gasteiger partial charge on any atom is -0.369 e. The van der Waals surface area contributed by atoms with Gasteiger partial charge in [-0.3, -0.25) is 4.79 Å². The Morgan fingerprint density at radius 3 is 1.45 bits per heavy atom. The van der Waals surface area contributed by atoms with E-state index in [-0.39, 0.29) is 11.8 Å². The van der Waals surface area contributed by atoms with Gasteiger partial charge in [-0.1, -0.05) is 140 Å². The summed E-state index contributed by atoms with van der Waals surface area (Å²) in [5.41, 5.74) is 17.1. The maximum atomic E-state index is 13.8. The number of carbonyl (C=O) groups excluding carboxylic acids is 1. The van der Waals surface area contributed by atoms with Crippen molar-refractivity contribution in [1.82, 2.24) is 0 Å². The number of carbonyl (C=O) groups is 1. The van der Waals surface area contributed by atoms with Crippen LogP contribution < -0.4 is 5.73 Å². The van der Waals surface area contributed by atoms with Gasteiger partial charge in [-0.05, 0) is 111 Å². The van der Waals surface area contributed by atoms with Crippen LogP contribution in [0, 0.1) is 23.2 Å². The molecule has 4 fully saturated rings. The minimum absolute atomic E-state index is 0.0904. The third-order valence-corrected chi connectivity index (χ3v) is 11.8. The lowest BCUT2D eigenvalue weighted by molar-refractivity contribution is -0.147. The first kappa shape index (κ1) is 28.3. The van der Waals surface area contributed by atoms with Crippen LogP contribution in [0.15, 0.2) is 140 Å². The number of nitrogens with two attached hydrogens (primary N) is 1. The predicted octanol–water partition coefficient (Wildman–Crippen LogP) is 10.9. The van der Waals surface area contributed by atoms with Gasteiger partial charge in [0.15, 0.2) is 0 Å². The molecule has 0 aromatic heterocycles. The topological polar surface area (TPSA) is 43.1 Å². The number of rotatable bonds is 6. The fraction of sp³-hybridized carbons (Fsp3) is 0.222. The van der Waals surface area contributed by atoms with Crippen LogP contribution in [0.4, 0.5) is 0 Å². The average molecular weight is 610 g/mol. The van der Waals surface area contributed by atoms with Gasteiger partial charge in [0.2, 0.25) is 5.91 Å². The molecule has 0 spiro atoms. The molecule has 3 atom stereocenters. The van der Waals surface area contributed by atoms with Crippen LogP contribution in [0.5, 0.6) is 0 Å². The maximum absolute atomic E-state index is 13.8. The molecule has 1 amide bonds. The third kappa shape index (κ3) is 4.42. The van der Waals surface area contributed by atoms with Crippen molar-refractivity contribution in [3.05, 3.63) is 145 Å². The second-order valence-corrected chi connectivity index (χ2v) is 14.3.